The SMILES string of the molecule is CN(Cc1nc2c(N3CCOCC3)nc(-c3cnc4ccccc4c3)nc2n1C)c1ncc(C(=O)ON)cn1. The molecule has 13 heteroatoms. The highest BCUT2D eigenvalue weighted by Gasteiger charge is 2.23. The van der Waals surface area contributed by atoms with Gasteiger partial charge in [0.25, 0.3) is 0 Å². The van der Waals surface area contributed by atoms with E-state index < -0.39 is 5.97 Å². The first kappa shape index (κ1) is 24.6. The van der Waals surface area contributed by atoms with Crippen LogP contribution in [-0.2, 0) is 23.2 Å². The van der Waals surface area contributed by atoms with Crippen LogP contribution in [0.1, 0.15) is 16.2 Å². The average molecular weight is 527 g/mol. The minimum Gasteiger partial charge on any atom is -0.378 e. The molecule has 1 saturated heterocycles. The van der Waals surface area contributed by atoms with Gasteiger partial charge in [0, 0.05) is 56.7 Å². The van der Waals surface area contributed by atoms with Crippen molar-refractivity contribution in [3.8, 4) is 11.4 Å². The second-order valence-corrected chi connectivity index (χ2v) is 9.18. The minimum absolute atomic E-state index is 0.165. The Hall–Kier alpha value is -4.75. The van der Waals surface area contributed by atoms with Crippen molar-refractivity contribution in [1.29, 1.82) is 0 Å². The molecule has 0 radical (unpaired) electrons. The molecule has 4 aromatic heterocycles. The lowest BCUT2D eigenvalue weighted by molar-refractivity contribution is 0.0502. The van der Waals surface area contributed by atoms with Crippen LogP contribution in [0.25, 0.3) is 33.5 Å². The van der Waals surface area contributed by atoms with Gasteiger partial charge < -0.3 is 23.9 Å². The average Bonchev–Trinajstić information content (AvgIpc) is 3.31. The Balaban J connectivity index is 1.40. The molecular weight excluding hydrogens is 500 g/mol. The van der Waals surface area contributed by atoms with E-state index in [1.165, 1.54) is 12.4 Å². The van der Waals surface area contributed by atoms with Gasteiger partial charge in [0.05, 0.1) is 30.8 Å². The van der Waals surface area contributed by atoms with Gasteiger partial charge in [0.2, 0.25) is 5.95 Å². The molecule has 13 nitrogen and oxygen atoms in total. The van der Waals surface area contributed by atoms with Crippen molar-refractivity contribution in [2.45, 2.75) is 6.54 Å². The van der Waals surface area contributed by atoms with Crippen LogP contribution < -0.4 is 15.7 Å². The summed E-state index contributed by atoms with van der Waals surface area (Å²) in [4.78, 5) is 47.8. The molecule has 6 rings (SSSR count). The Kier molecular flexibility index (Phi) is 6.42. The predicted molar refractivity (Wildman–Crippen MR) is 144 cm³/mol. The van der Waals surface area contributed by atoms with E-state index >= 15 is 0 Å². The first-order chi connectivity index (χ1) is 19.0. The second-order valence-electron chi connectivity index (χ2n) is 9.18. The summed E-state index contributed by atoms with van der Waals surface area (Å²) in [6.45, 7) is 3.04. The number of benzene rings is 1. The summed E-state index contributed by atoms with van der Waals surface area (Å²) >= 11 is 0. The zero-order chi connectivity index (χ0) is 26.9. The Labute approximate surface area is 223 Å². The molecule has 1 aromatic carbocycles. The molecule has 0 unspecified atom stereocenters. The smallest absolute Gasteiger partial charge is 0.359 e. The van der Waals surface area contributed by atoms with Crippen molar-refractivity contribution in [3.63, 3.8) is 0 Å². The molecule has 198 valence electrons. The molecule has 0 atom stereocenters. The quantitative estimate of drug-likeness (QED) is 0.322. The van der Waals surface area contributed by atoms with Gasteiger partial charge in [-0.2, -0.15) is 5.90 Å². The van der Waals surface area contributed by atoms with E-state index in [1.807, 2.05) is 47.8 Å². The van der Waals surface area contributed by atoms with Crippen LogP contribution in [-0.4, -0.2) is 73.8 Å². The molecule has 1 aliphatic heterocycles. The highest BCUT2D eigenvalue weighted by molar-refractivity contribution is 5.89. The van der Waals surface area contributed by atoms with Crippen molar-refractivity contribution >= 4 is 39.8 Å². The number of aromatic nitrogens is 7. The van der Waals surface area contributed by atoms with Crippen molar-refractivity contribution in [1.82, 2.24) is 34.5 Å². The third kappa shape index (κ3) is 4.69. The van der Waals surface area contributed by atoms with E-state index in [1.54, 1.807) is 6.20 Å². The molecule has 0 aliphatic carbocycles. The fourth-order valence-corrected chi connectivity index (χ4v) is 4.53. The number of fused-ring (bicyclic) bond motifs is 2. The van der Waals surface area contributed by atoms with Crippen LogP contribution in [0.15, 0.2) is 48.9 Å². The summed E-state index contributed by atoms with van der Waals surface area (Å²) in [6.07, 6.45) is 4.54. The van der Waals surface area contributed by atoms with E-state index in [0.29, 0.717) is 55.8 Å². The number of carbonyl (C=O) groups excluding carboxylic acids is 1. The van der Waals surface area contributed by atoms with Gasteiger partial charge in [0.1, 0.15) is 5.82 Å². The van der Waals surface area contributed by atoms with Crippen LogP contribution in [0.3, 0.4) is 0 Å². The van der Waals surface area contributed by atoms with Gasteiger partial charge in [-0.1, -0.05) is 18.2 Å². The summed E-state index contributed by atoms with van der Waals surface area (Å²) in [5.74, 6) is 6.75. The third-order valence-electron chi connectivity index (χ3n) is 6.65. The first-order valence-corrected chi connectivity index (χ1v) is 12.4. The maximum Gasteiger partial charge on any atom is 0.359 e. The summed E-state index contributed by atoms with van der Waals surface area (Å²) in [6, 6.07) is 10.0. The van der Waals surface area contributed by atoms with Crippen LogP contribution in [0.4, 0.5) is 11.8 Å². The second kappa shape index (κ2) is 10.2. The zero-order valence-corrected chi connectivity index (χ0v) is 21.5. The van der Waals surface area contributed by atoms with E-state index in [2.05, 4.69) is 30.8 Å². The molecular formula is C26H26N10O3. The number of hydrogen-bond donors (Lipinski definition) is 1. The molecule has 0 bridgehead atoms. The lowest BCUT2D eigenvalue weighted by atomic mass is 10.1. The summed E-state index contributed by atoms with van der Waals surface area (Å²) in [7, 11) is 3.77. The number of carbonyl (C=O) groups is 1. The number of rotatable bonds is 6. The maximum absolute atomic E-state index is 11.6. The van der Waals surface area contributed by atoms with E-state index in [9.17, 15) is 4.79 Å². The number of aryl methyl sites for hydroxylation is 1. The predicted octanol–water partition coefficient (Wildman–Crippen LogP) is 1.87. The highest BCUT2D eigenvalue weighted by atomic mass is 16.7. The number of morpholine rings is 1. The van der Waals surface area contributed by atoms with Gasteiger partial charge in [0.15, 0.2) is 22.8 Å². The summed E-state index contributed by atoms with van der Waals surface area (Å²) in [5, 5.41) is 1.02. The monoisotopic (exact) mass is 526 g/mol. The highest BCUT2D eigenvalue weighted by Crippen LogP contribution is 2.29. The molecule has 0 saturated carbocycles. The first-order valence-electron chi connectivity index (χ1n) is 12.4. The largest absolute Gasteiger partial charge is 0.378 e. The number of nitrogens with zero attached hydrogens (tertiary/aromatic N) is 9. The molecule has 0 spiro atoms. The number of imidazole rings is 1. The topological polar surface area (TPSA) is 150 Å². The van der Waals surface area contributed by atoms with Crippen LogP contribution in [0, 0.1) is 0 Å². The van der Waals surface area contributed by atoms with Crippen molar-refractivity contribution in [2.75, 3.05) is 43.2 Å². The van der Waals surface area contributed by atoms with Crippen LogP contribution in [0.5, 0.6) is 0 Å². The van der Waals surface area contributed by atoms with E-state index in [-0.39, 0.29) is 5.56 Å². The van der Waals surface area contributed by atoms with Crippen LogP contribution in [0.2, 0.25) is 0 Å². The number of para-hydroxylation sites is 1. The molecule has 5 aromatic rings. The number of ether oxygens (including phenoxy) is 1. The number of hydrogen-bond acceptors (Lipinski definition) is 12. The normalized spacial score (nSPS) is 13.7. The number of anilines is 2. The Morgan fingerprint density at radius 2 is 1.85 bits per heavy atom. The lowest BCUT2D eigenvalue weighted by Crippen LogP contribution is -2.37. The fourth-order valence-electron chi connectivity index (χ4n) is 4.53. The van der Waals surface area contributed by atoms with Crippen molar-refractivity contribution in [3.05, 3.63) is 60.3 Å². The third-order valence-corrected chi connectivity index (χ3v) is 6.65. The van der Waals surface area contributed by atoms with Gasteiger partial charge >= 0.3 is 5.97 Å². The van der Waals surface area contributed by atoms with Gasteiger partial charge in [-0.25, -0.2) is 29.7 Å². The molecule has 0 amide bonds. The van der Waals surface area contributed by atoms with Gasteiger partial charge in [-0.15, -0.1) is 0 Å². The number of pyridine rings is 1. The Morgan fingerprint density at radius 3 is 2.62 bits per heavy atom. The lowest BCUT2D eigenvalue weighted by Gasteiger charge is -2.28. The fraction of sp³-hybridized carbons (Fsp3) is 0.269. The molecule has 1 aliphatic rings. The van der Waals surface area contributed by atoms with E-state index in [0.717, 1.165) is 28.1 Å². The van der Waals surface area contributed by atoms with Crippen molar-refractivity contribution < 1.29 is 14.4 Å². The number of nitrogens with two attached hydrogens (primary N) is 1. The molecule has 39 heavy (non-hydrogen) atoms. The summed E-state index contributed by atoms with van der Waals surface area (Å²) < 4.78 is 7.53. The molecule has 2 N–H and O–H groups in total. The summed E-state index contributed by atoms with van der Waals surface area (Å²) in [5.41, 5.74) is 3.33. The molecule has 1 fully saturated rings. The Morgan fingerprint density at radius 1 is 1.08 bits per heavy atom. The Bertz CT molecular complexity index is 1660. The van der Waals surface area contributed by atoms with Gasteiger partial charge in [-0.3, -0.25) is 4.98 Å². The van der Waals surface area contributed by atoms with Crippen LogP contribution >= 0.6 is 0 Å². The van der Waals surface area contributed by atoms with Crippen molar-refractivity contribution in [2.24, 2.45) is 12.9 Å². The zero-order valence-electron chi connectivity index (χ0n) is 21.5. The molecule has 5 heterocycles. The maximum atomic E-state index is 11.6. The minimum atomic E-state index is -0.703. The van der Waals surface area contributed by atoms with E-state index in [4.69, 9.17) is 25.6 Å². The van der Waals surface area contributed by atoms with Gasteiger partial charge in [-0.05, 0) is 12.1 Å². The standard InChI is InChI=1S/C26H26N10O3/c1-34(26-29-13-18(14-30-26)25(37)39-27)15-20-31-21-23(35(20)2)32-22(33-24(21)36-7-9-38-10-8-36)17-11-16-5-3-4-6-19(16)28-12-17/h3-6,11-14H,7-10,15,27H2,1-2H3.